The molecule has 1 unspecified atom stereocenters. The Labute approximate surface area is 118 Å². The first-order valence-corrected chi connectivity index (χ1v) is 7.26. The lowest BCUT2D eigenvalue weighted by molar-refractivity contribution is 0.456. The van der Waals surface area contributed by atoms with E-state index in [9.17, 15) is 0 Å². The van der Waals surface area contributed by atoms with Crippen LogP contribution in [0.2, 0.25) is 0 Å². The molecule has 6 nitrogen and oxygen atoms in total. The molecule has 108 valence electrons. The van der Waals surface area contributed by atoms with Crippen LogP contribution in [0.4, 0.5) is 0 Å². The molecule has 1 fully saturated rings. The highest BCUT2D eigenvalue weighted by Crippen LogP contribution is 2.29. The molecule has 6 heteroatoms. The third-order valence-corrected chi connectivity index (χ3v) is 4.07. The zero-order valence-corrected chi connectivity index (χ0v) is 11.9. The molecule has 0 bridgehead atoms. The highest BCUT2D eigenvalue weighted by molar-refractivity contribution is 5.11. The Morgan fingerprint density at radius 3 is 2.75 bits per heavy atom. The van der Waals surface area contributed by atoms with Crippen LogP contribution in [0.25, 0.3) is 0 Å². The molecule has 0 spiro atoms. The molecule has 1 aliphatic rings. The maximum absolute atomic E-state index is 5.66. The fourth-order valence-corrected chi connectivity index (χ4v) is 2.94. The lowest BCUT2D eigenvalue weighted by Crippen LogP contribution is -2.30. The number of nitrogens with one attached hydrogen (secondary N) is 1. The molecule has 2 aromatic heterocycles. The van der Waals surface area contributed by atoms with E-state index >= 15 is 0 Å². The number of nitrogens with two attached hydrogens (primary N) is 1. The van der Waals surface area contributed by atoms with Crippen molar-refractivity contribution in [3.05, 3.63) is 35.9 Å². The second-order valence-electron chi connectivity index (χ2n) is 5.56. The van der Waals surface area contributed by atoms with E-state index < -0.39 is 0 Å². The van der Waals surface area contributed by atoms with Gasteiger partial charge in [-0.25, -0.2) is 0 Å². The molecule has 0 amide bonds. The van der Waals surface area contributed by atoms with Crippen LogP contribution in [0, 0.1) is 0 Å². The Hall–Kier alpha value is -1.66. The summed E-state index contributed by atoms with van der Waals surface area (Å²) in [4.78, 5) is 0. The second-order valence-corrected chi connectivity index (χ2v) is 5.56. The molecular weight excluding hydrogens is 252 g/mol. The summed E-state index contributed by atoms with van der Waals surface area (Å²) in [5.74, 6) is 5.66. The predicted octanol–water partition coefficient (Wildman–Crippen LogP) is 1.48. The summed E-state index contributed by atoms with van der Waals surface area (Å²) >= 11 is 0. The third kappa shape index (κ3) is 2.76. The maximum atomic E-state index is 5.66. The molecule has 0 aliphatic heterocycles. The van der Waals surface area contributed by atoms with Gasteiger partial charge in [-0.2, -0.15) is 10.2 Å². The summed E-state index contributed by atoms with van der Waals surface area (Å²) in [5.41, 5.74) is 4.84. The van der Waals surface area contributed by atoms with Crippen molar-refractivity contribution in [2.45, 2.75) is 44.2 Å². The van der Waals surface area contributed by atoms with Crippen LogP contribution in [-0.2, 0) is 13.5 Å². The first-order chi connectivity index (χ1) is 9.76. The summed E-state index contributed by atoms with van der Waals surface area (Å²) in [5, 5.41) is 9.10. The Morgan fingerprint density at radius 1 is 1.30 bits per heavy atom. The molecule has 20 heavy (non-hydrogen) atoms. The monoisotopic (exact) mass is 274 g/mol. The minimum atomic E-state index is 0.00290. The van der Waals surface area contributed by atoms with Crippen molar-refractivity contribution < 1.29 is 0 Å². The number of hydrogen-bond donors (Lipinski definition) is 2. The molecule has 2 heterocycles. The first kappa shape index (κ1) is 13.3. The van der Waals surface area contributed by atoms with E-state index in [1.807, 2.05) is 19.3 Å². The average molecular weight is 274 g/mol. The molecule has 3 N–H and O–H groups in total. The van der Waals surface area contributed by atoms with E-state index in [0.717, 1.165) is 17.8 Å². The van der Waals surface area contributed by atoms with Crippen molar-refractivity contribution in [3.8, 4) is 0 Å². The van der Waals surface area contributed by atoms with Crippen molar-refractivity contribution >= 4 is 0 Å². The normalized spacial score (nSPS) is 17.7. The van der Waals surface area contributed by atoms with Gasteiger partial charge in [-0.1, -0.05) is 12.8 Å². The quantitative estimate of drug-likeness (QED) is 0.640. The molecule has 0 radical (unpaired) electrons. The predicted molar refractivity (Wildman–Crippen MR) is 76.7 cm³/mol. The van der Waals surface area contributed by atoms with Gasteiger partial charge < -0.3 is 0 Å². The molecule has 1 saturated carbocycles. The molecule has 1 aliphatic carbocycles. The van der Waals surface area contributed by atoms with Gasteiger partial charge in [0.05, 0.1) is 23.5 Å². The van der Waals surface area contributed by atoms with Crippen LogP contribution in [0.1, 0.15) is 49.2 Å². The Morgan fingerprint density at radius 2 is 2.10 bits per heavy atom. The lowest BCUT2D eigenvalue weighted by Gasteiger charge is -2.12. The number of aryl methyl sites for hydroxylation is 1. The smallest absolute Gasteiger partial charge is 0.0811 e. The number of hydrogen-bond acceptors (Lipinski definition) is 4. The van der Waals surface area contributed by atoms with Crippen LogP contribution in [-0.4, -0.2) is 19.6 Å². The fraction of sp³-hybridized carbons (Fsp3) is 0.571. The lowest BCUT2D eigenvalue weighted by atomic mass is 10.1. The van der Waals surface area contributed by atoms with Crippen molar-refractivity contribution in [2.24, 2.45) is 12.9 Å². The molecule has 1 atom stereocenters. The van der Waals surface area contributed by atoms with E-state index in [0.29, 0.717) is 6.04 Å². The van der Waals surface area contributed by atoms with E-state index in [4.69, 9.17) is 10.9 Å². The summed E-state index contributed by atoms with van der Waals surface area (Å²) < 4.78 is 3.91. The molecule has 2 aromatic rings. The maximum Gasteiger partial charge on any atom is 0.0811 e. The summed E-state index contributed by atoms with van der Waals surface area (Å²) in [6.45, 7) is 0. The van der Waals surface area contributed by atoms with Gasteiger partial charge in [0.2, 0.25) is 0 Å². The topological polar surface area (TPSA) is 73.7 Å². The number of rotatable bonds is 5. The van der Waals surface area contributed by atoms with Crippen molar-refractivity contribution in [2.75, 3.05) is 0 Å². The van der Waals surface area contributed by atoms with Gasteiger partial charge in [0.25, 0.3) is 0 Å². The highest BCUT2D eigenvalue weighted by Gasteiger charge is 2.19. The van der Waals surface area contributed by atoms with E-state index in [1.165, 1.54) is 25.7 Å². The minimum Gasteiger partial charge on any atom is -0.275 e. The molecule has 0 saturated heterocycles. The first-order valence-electron chi connectivity index (χ1n) is 7.26. The SMILES string of the molecule is Cn1ccc(C(Cc2ccn(C3CCCC3)n2)NN)n1. The fourth-order valence-electron chi connectivity index (χ4n) is 2.94. The van der Waals surface area contributed by atoms with Gasteiger partial charge in [0.1, 0.15) is 0 Å². The second kappa shape index (κ2) is 5.76. The molecule has 3 rings (SSSR count). The minimum absolute atomic E-state index is 0.00290. The zero-order chi connectivity index (χ0) is 13.9. The molecular formula is C14H22N6. The highest BCUT2D eigenvalue weighted by atomic mass is 15.3. The van der Waals surface area contributed by atoms with E-state index in [2.05, 4.69) is 27.5 Å². The Kier molecular flexibility index (Phi) is 3.84. The Bertz CT molecular complexity index is 552. The average Bonchev–Trinajstić information content (AvgIpc) is 3.16. The summed E-state index contributed by atoms with van der Waals surface area (Å²) in [7, 11) is 1.91. The van der Waals surface area contributed by atoms with E-state index in [1.54, 1.807) is 4.68 Å². The third-order valence-electron chi connectivity index (χ3n) is 4.07. The van der Waals surface area contributed by atoms with Crippen molar-refractivity contribution in [3.63, 3.8) is 0 Å². The van der Waals surface area contributed by atoms with Crippen molar-refractivity contribution in [1.82, 2.24) is 25.0 Å². The van der Waals surface area contributed by atoms with Gasteiger partial charge in [0.15, 0.2) is 0 Å². The van der Waals surface area contributed by atoms with Crippen LogP contribution >= 0.6 is 0 Å². The number of hydrazine groups is 1. The van der Waals surface area contributed by atoms with Crippen LogP contribution in [0.5, 0.6) is 0 Å². The van der Waals surface area contributed by atoms with Gasteiger partial charge in [0, 0.05) is 25.9 Å². The summed E-state index contributed by atoms with van der Waals surface area (Å²) in [6.07, 6.45) is 9.92. The van der Waals surface area contributed by atoms with Crippen LogP contribution < -0.4 is 11.3 Å². The van der Waals surface area contributed by atoms with Gasteiger partial charge in [-0.3, -0.25) is 20.6 Å². The largest absolute Gasteiger partial charge is 0.275 e. The van der Waals surface area contributed by atoms with Gasteiger partial charge in [-0.05, 0) is 25.0 Å². The summed E-state index contributed by atoms with van der Waals surface area (Å²) in [6, 6.07) is 4.66. The molecule has 0 aromatic carbocycles. The van der Waals surface area contributed by atoms with Crippen LogP contribution in [0.15, 0.2) is 24.5 Å². The van der Waals surface area contributed by atoms with Crippen LogP contribution in [0.3, 0.4) is 0 Å². The number of aromatic nitrogens is 4. The van der Waals surface area contributed by atoms with Crippen molar-refractivity contribution in [1.29, 1.82) is 0 Å². The number of nitrogens with zero attached hydrogens (tertiary/aromatic N) is 4. The Balaban J connectivity index is 1.69. The zero-order valence-electron chi connectivity index (χ0n) is 11.9. The van der Waals surface area contributed by atoms with E-state index in [-0.39, 0.29) is 6.04 Å². The standard InChI is InChI=1S/C14H22N6/c1-19-8-7-13(18-19)14(16-15)10-11-6-9-20(17-11)12-4-2-3-5-12/h6-9,12,14,16H,2-5,10,15H2,1H3. The van der Waals surface area contributed by atoms with Gasteiger partial charge >= 0.3 is 0 Å². The van der Waals surface area contributed by atoms with Gasteiger partial charge in [-0.15, -0.1) is 0 Å².